The molecule has 2 heterocycles. The number of nitrogens with zero attached hydrogens (tertiary/aromatic N) is 2. The number of rotatable bonds is 9. The third-order valence-electron chi connectivity index (χ3n) is 4.93. The van der Waals surface area contributed by atoms with Gasteiger partial charge in [0.05, 0.1) is 0 Å². The Morgan fingerprint density at radius 1 is 1.24 bits per heavy atom. The summed E-state index contributed by atoms with van der Waals surface area (Å²) in [7, 11) is 1.72. The first-order chi connectivity index (χ1) is 15.7. The van der Waals surface area contributed by atoms with E-state index in [9.17, 15) is 19.2 Å². The largest absolute Gasteiger partial charge is 0.481 e. The topological polar surface area (TPSA) is 206 Å². The summed E-state index contributed by atoms with van der Waals surface area (Å²) in [5, 5.41) is 23.4. The minimum Gasteiger partial charge on any atom is -0.481 e. The fourth-order valence-electron chi connectivity index (χ4n) is 3.16. The van der Waals surface area contributed by atoms with Gasteiger partial charge in [0.25, 0.3) is 5.91 Å². The molecule has 13 nitrogen and oxygen atoms in total. The normalized spacial score (nSPS) is 11.7. The second-order valence-electron chi connectivity index (χ2n) is 7.22. The quantitative estimate of drug-likeness (QED) is 0.213. The van der Waals surface area contributed by atoms with Gasteiger partial charge in [0.15, 0.2) is 6.20 Å². The van der Waals surface area contributed by atoms with Crippen molar-refractivity contribution in [2.75, 3.05) is 11.1 Å². The van der Waals surface area contributed by atoms with Crippen molar-refractivity contribution in [3.8, 4) is 0 Å². The van der Waals surface area contributed by atoms with E-state index in [0.717, 1.165) is 5.69 Å². The van der Waals surface area contributed by atoms with E-state index in [-0.39, 0.29) is 29.9 Å². The number of carbonyl (C=O) groups excluding carboxylic acids is 1. The molecular weight excluding hydrogens is 434 g/mol. The molecule has 3 aromatic rings. The fourth-order valence-corrected chi connectivity index (χ4v) is 3.16. The minimum atomic E-state index is -1.31. The molecule has 0 bridgehead atoms. The third-order valence-corrected chi connectivity index (χ3v) is 4.93. The summed E-state index contributed by atoms with van der Waals surface area (Å²) in [6.07, 6.45) is 1.09. The van der Waals surface area contributed by atoms with Gasteiger partial charge >= 0.3 is 34.6 Å². The van der Waals surface area contributed by atoms with Crippen LogP contribution in [0.2, 0.25) is 0 Å². The summed E-state index contributed by atoms with van der Waals surface area (Å²) in [4.78, 5) is 55.9. The van der Waals surface area contributed by atoms with Crippen molar-refractivity contribution in [3.63, 3.8) is 0 Å². The van der Waals surface area contributed by atoms with E-state index in [0.29, 0.717) is 23.4 Å². The Hall–Kier alpha value is -4.55. The number of aryl methyl sites for hydroxylation is 1. The molecule has 1 atom stereocenters. The minimum absolute atomic E-state index is 0.00955. The molecule has 0 aliphatic carbocycles. The van der Waals surface area contributed by atoms with Crippen LogP contribution in [-0.4, -0.2) is 44.1 Å². The number of benzene rings is 1. The zero-order valence-electron chi connectivity index (χ0n) is 17.6. The molecule has 0 saturated heterocycles. The number of aromatic amines is 2. The molecule has 2 aromatic heterocycles. The SMILES string of the molecule is C[n+]1c(CNc2ccc(C(=O)NC(CCC(=O)O)C(=O)O)cc2)c[nH+]c2nc(N)[nH]c(=O)c21. The van der Waals surface area contributed by atoms with E-state index in [1.807, 2.05) is 0 Å². The van der Waals surface area contributed by atoms with Crippen LogP contribution in [0.15, 0.2) is 35.3 Å². The van der Waals surface area contributed by atoms with Crippen LogP contribution >= 0.6 is 0 Å². The lowest BCUT2D eigenvalue weighted by Crippen LogP contribution is -2.43. The number of carboxylic acid groups (broad SMARTS) is 2. The number of amides is 1. The zero-order chi connectivity index (χ0) is 24.1. The predicted molar refractivity (Wildman–Crippen MR) is 114 cm³/mol. The predicted octanol–water partition coefficient (Wildman–Crippen LogP) is -1.20. The van der Waals surface area contributed by atoms with Gasteiger partial charge in [-0.1, -0.05) is 0 Å². The van der Waals surface area contributed by atoms with Crippen molar-refractivity contribution >= 4 is 40.6 Å². The molecule has 33 heavy (non-hydrogen) atoms. The second-order valence-corrected chi connectivity index (χ2v) is 7.22. The smallest absolute Gasteiger partial charge is 0.403 e. The fraction of sp³-hybridized carbons (Fsp3) is 0.250. The molecule has 8 N–H and O–H groups in total. The monoisotopic (exact) mass is 457 g/mol. The standard InChI is InChI=1S/C20H21N7O6/c1-27-12(9-23-16-15(27)18(31)26-20(21)25-16)8-22-11-4-2-10(3-5-11)17(30)24-13(19(32)33)6-7-14(28)29/h2-5,9,13H,6-8H2,1H3,(H6-,21,22,23,24,25,26,28,29,30,31,32,33)/p+2. The van der Waals surface area contributed by atoms with Gasteiger partial charge in [-0.25, -0.2) is 9.78 Å². The van der Waals surface area contributed by atoms with Crippen molar-refractivity contribution in [3.05, 3.63) is 52.1 Å². The van der Waals surface area contributed by atoms with E-state index in [1.165, 1.54) is 12.1 Å². The van der Waals surface area contributed by atoms with Gasteiger partial charge in [0, 0.05) is 22.7 Å². The summed E-state index contributed by atoms with van der Waals surface area (Å²) in [5.41, 5.74) is 7.50. The molecule has 0 fully saturated rings. The van der Waals surface area contributed by atoms with E-state index in [1.54, 1.807) is 29.9 Å². The van der Waals surface area contributed by atoms with Gasteiger partial charge < -0.3 is 26.6 Å². The molecule has 1 unspecified atom stereocenters. The maximum absolute atomic E-state index is 12.3. The number of fused-ring (bicyclic) bond motifs is 1. The summed E-state index contributed by atoms with van der Waals surface area (Å²) in [6.45, 7) is 0.342. The van der Waals surface area contributed by atoms with Crippen LogP contribution < -0.4 is 31.5 Å². The van der Waals surface area contributed by atoms with E-state index < -0.39 is 23.9 Å². The maximum atomic E-state index is 12.3. The molecule has 172 valence electrons. The highest BCUT2D eigenvalue weighted by molar-refractivity contribution is 5.96. The van der Waals surface area contributed by atoms with E-state index >= 15 is 0 Å². The molecule has 1 aromatic carbocycles. The number of hydrogen-bond donors (Lipinski definition) is 6. The Balaban J connectivity index is 1.67. The van der Waals surface area contributed by atoms with Crippen LogP contribution in [0, 0.1) is 0 Å². The number of nitrogen functional groups attached to an aromatic ring is 1. The third kappa shape index (κ3) is 5.58. The van der Waals surface area contributed by atoms with Crippen LogP contribution in [0.25, 0.3) is 11.2 Å². The summed E-state index contributed by atoms with van der Waals surface area (Å²) in [6, 6.07) is 5.00. The van der Waals surface area contributed by atoms with Crippen LogP contribution in [0.1, 0.15) is 28.9 Å². The molecule has 0 aliphatic rings. The Morgan fingerprint density at radius 3 is 2.58 bits per heavy atom. The van der Waals surface area contributed by atoms with Gasteiger partial charge in [0.1, 0.15) is 19.6 Å². The molecule has 0 aliphatic heterocycles. The van der Waals surface area contributed by atoms with Crippen molar-refractivity contribution < 1.29 is 34.1 Å². The number of hydrogen-bond acceptors (Lipinski definition) is 7. The van der Waals surface area contributed by atoms with E-state index in [4.69, 9.17) is 15.9 Å². The lowest BCUT2D eigenvalue weighted by Gasteiger charge is -2.14. The molecule has 1 amide bonds. The first-order valence-corrected chi connectivity index (χ1v) is 9.84. The van der Waals surface area contributed by atoms with Gasteiger partial charge in [-0.3, -0.25) is 19.4 Å². The van der Waals surface area contributed by atoms with Crippen LogP contribution in [0.3, 0.4) is 0 Å². The number of nitrogens with one attached hydrogen (secondary N) is 4. The number of H-pyrrole nitrogens is 2. The molecule has 3 rings (SSSR count). The van der Waals surface area contributed by atoms with Gasteiger partial charge in [-0.15, -0.1) is 0 Å². The Morgan fingerprint density at radius 2 is 1.94 bits per heavy atom. The second kappa shape index (κ2) is 9.72. The number of carbonyl (C=O) groups is 3. The van der Waals surface area contributed by atoms with Crippen LogP contribution in [0.5, 0.6) is 0 Å². The highest BCUT2D eigenvalue weighted by Gasteiger charge is 2.24. The summed E-state index contributed by atoms with van der Waals surface area (Å²) < 4.78 is 1.68. The molecule has 0 spiro atoms. The molecule has 13 heteroatoms. The molecule has 0 saturated carbocycles. The van der Waals surface area contributed by atoms with Crippen molar-refractivity contribution in [1.29, 1.82) is 0 Å². The first-order valence-electron chi connectivity index (χ1n) is 9.84. The maximum Gasteiger partial charge on any atom is 0.403 e. The van der Waals surface area contributed by atoms with Gasteiger partial charge in [0.2, 0.25) is 5.69 Å². The van der Waals surface area contributed by atoms with Crippen molar-refractivity contribution in [2.45, 2.75) is 25.4 Å². The zero-order valence-corrected chi connectivity index (χ0v) is 17.6. The highest BCUT2D eigenvalue weighted by Crippen LogP contribution is 2.11. The van der Waals surface area contributed by atoms with E-state index in [2.05, 4.69) is 25.6 Å². The van der Waals surface area contributed by atoms with Crippen LogP contribution in [0.4, 0.5) is 11.6 Å². The molecule has 0 radical (unpaired) electrons. The molecular formula is C20H23N7O6+2. The number of aliphatic carboxylic acids is 2. The Kier molecular flexibility index (Phi) is 6.81. The summed E-state index contributed by atoms with van der Waals surface area (Å²) in [5.74, 6) is -3.07. The number of anilines is 2. The lowest BCUT2D eigenvalue weighted by molar-refractivity contribution is -0.661. The number of nitrogens with two attached hydrogens (primary N) is 1. The van der Waals surface area contributed by atoms with Crippen molar-refractivity contribution in [2.24, 2.45) is 7.05 Å². The highest BCUT2D eigenvalue weighted by atomic mass is 16.4. The van der Waals surface area contributed by atoms with Gasteiger partial charge in [-0.05, 0) is 30.7 Å². The Labute approximate surface area is 186 Å². The van der Waals surface area contributed by atoms with Crippen molar-refractivity contribution in [1.82, 2.24) is 15.3 Å². The van der Waals surface area contributed by atoms with Crippen LogP contribution in [-0.2, 0) is 23.2 Å². The Bertz CT molecular complexity index is 1270. The first kappa shape index (κ1) is 23.1. The average Bonchev–Trinajstić information content (AvgIpc) is 2.75. The van der Waals surface area contributed by atoms with Gasteiger partial charge in [-0.2, -0.15) is 4.57 Å². The summed E-state index contributed by atoms with van der Waals surface area (Å²) >= 11 is 0. The number of aromatic nitrogens is 4. The lowest BCUT2D eigenvalue weighted by atomic mass is 10.1. The number of carboxylic acids is 2. The average molecular weight is 457 g/mol.